The van der Waals surface area contributed by atoms with Crippen molar-refractivity contribution in [3.05, 3.63) is 34.9 Å². The van der Waals surface area contributed by atoms with Gasteiger partial charge in [-0.15, -0.1) is 0 Å². The van der Waals surface area contributed by atoms with E-state index >= 15 is 0 Å². The molecule has 1 rings (SSSR count). The summed E-state index contributed by atoms with van der Waals surface area (Å²) in [6, 6.07) is 5.35. The Morgan fingerprint density at radius 3 is 2.17 bits per heavy atom. The smallest absolute Gasteiger partial charge is 0.435 e. The van der Waals surface area contributed by atoms with E-state index < -0.39 is 18.4 Å². The number of aryl methyl sites for hydroxylation is 2. The summed E-state index contributed by atoms with van der Waals surface area (Å²) < 4.78 is 14.4. The fraction of sp³-hybridized carbons (Fsp3) is 0.556. The van der Waals surface area contributed by atoms with E-state index in [1.165, 1.54) is 18.9 Å². The van der Waals surface area contributed by atoms with Gasteiger partial charge in [0.1, 0.15) is 0 Å². The molecule has 0 aliphatic heterocycles. The molecule has 1 unspecified atom stereocenters. The molecule has 0 fully saturated rings. The number of hydrogen-bond donors (Lipinski definition) is 0. The molecule has 0 aliphatic carbocycles. The predicted octanol–water partition coefficient (Wildman–Crippen LogP) is 4.65. The van der Waals surface area contributed by atoms with Crippen LogP contribution in [0.4, 0.5) is 4.79 Å². The minimum absolute atomic E-state index is 0.206. The van der Waals surface area contributed by atoms with Crippen LogP contribution in [0.3, 0.4) is 0 Å². The third kappa shape index (κ3) is 8.24. The van der Waals surface area contributed by atoms with Gasteiger partial charge in [-0.05, 0) is 43.5 Å². The summed E-state index contributed by atoms with van der Waals surface area (Å²) in [5.41, 5.74) is 2.64. The number of benzene rings is 1. The lowest BCUT2D eigenvalue weighted by atomic mass is 10.0. The zero-order valence-electron chi connectivity index (χ0n) is 15.0. The van der Waals surface area contributed by atoms with Crippen molar-refractivity contribution in [1.82, 2.24) is 0 Å². The van der Waals surface area contributed by atoms with Crippen LogP contribution in [-0.2, 0) is 20.6 Å². The summed E-state index contributed by atoms with van der Waals surface area (Å²) in [4.78, 5) is 23.0. The predicted molar refractivity (Wildman–Crippen MR) is 89.5 cm³/mol. The average molecular weight is 324 g/mol. The summed E-state index contributed by atoms with van der Waals surface area (Å²) in [5, 5.41) is 0. The number of rotatable bonds is 5. The lowest BCUT2D eigenvalue weighted by Gasteiger charge is -2.14. The normalized spacial score (nSPS) is 10.9. The van der Waals surface area contributed by atoms with E-state index in [1.54, 1.807) is 19.1 Å². The van der Waals surface area contributed by atoms with Gasteiger partial charge in [-0.1, -0.05) is 33.3 Å². The van der Waals surface area contributed by atoms with Gasteiger partial charge >= 0.3 is 12.1 Å². The van der Waals surface area contributed by atoms with Crippen LogP contribution in [0.15, 0.2) is 18.2 Å². The standard InChI is InChI=1S/C15H20O5.C3H8/c1-5-12-7-8-13(9-10(12)3)14(16)19-11(4)20-15(17)18-6-2;1-3-2/h7-9,11H,5-6H2,1-4H3;3H2,1-2H3. The number of carbonyl (C=O) groups is 2. The highest BCUT2D eigenvalue weighted by Gasteiger charge is 2.16. The number of ether oxygens (including phenoxy) is 3. The molecule has 0 aromatic heterocycles. The van der Waals surface area contributed by atoms with E-state index in [0.717, 1.165) is 12.0 Å². The fourth-order valence-corrected chi connectivity index (χ4v) is 1.75. The largest absolute Gasteiger partial charge is 0.511 e. The molecule has 0 amide bonds. The Balaban J connectivity index is 0.00000149. The van der Waals surface area contributed by atoms with Gasteiger partial charge < -0.3 is 14.2 Å². The van der Waals surface area contributed by atoms with Gasteiger partial charge in [0.05, 0.1) is 12.2 Å². The maximum absolute atomic E-state index is 11.9. The molecule has 5 nitrogen and oxygen atoms in total. The number of esters is 1. The van der Waals surface area contributed by atoms with Gasteiger partial charge in [0, 0.05) is 6.92 Å². The molecule has 1 atom stereocenters. The molecule has 5 heteroatoms. The van der Waals surface area contributed by atoms with Crippen molar-refractivity contribution in [3.63, 3.8) is 0 Å². The van der Waals surface area contributed by atoms with Crippen molar-refractivity contribution in [1.29, 1.82) is 0 Å². The molecule has 130 valence electrons. The molecule has 0 aliphatic rings. The molecule has 0 bridgehead atoms. The van der Waals surface area contributed by atoms with Crippen LogP contribution in [0.1, 0.15) is 62.5 Å². The Kier molecular flexibility index (Phi) is 10.5. The average Bonchev–Trinajstić information content (AvgIpc) is 2.47. The zero-order valence-corrected chi connectivity index (χ0v) is 15.0. The van der Waals surface area contributed by atoms with Crippen LogP contribution in [0.5, 0.6) is 0 Å². The molecule has 23 heavy (non-hydrogen) atoms. The first kappa shape index (κ1) is 21.0. The van der Waals surface area contributed by atoms with Crippen molar-refractivity contribution >= 4 is 12.1 Å². The highest BCUT2D eigenvalue weighted by atomic mass is 16.8. The lowest BCUT2D eigenvalue weighted by molar-refractivity contribution is -0.0811. The maximum Gasteiger partial charge on any atom is 0.511 e. The molecular formula is C18H28O5. The van der Waals surface area contributed by atoms with Crippen LogP contribution in [0, 0.1) is 6.92 Å². The fourth-order valence-electron chi connectivity index (χ4n) is 1.75. The van der Waals surface area contributed by atoms with Crippen molar-refractivity contribution in [2.75, 3.05) is 6.61 Å². The number of carbonyl (C=O) groups excluding carboxylic acids is 2. The SMILES string of the molecule is CCC.CCOC(=O)OC(C)OC(=O)c1ccc(CC)c(C)c1. The van der Waals surface area contributed by atoms with Crippen LogP contribution in [0.25, 0.3) is 0 Å². The van der Waals surface area contributed by atoms with E-state index in [0.29, 0.717) is 5.56 Å². The monoisotopic (exact) mass is 324 g/mol. The van der Waals surface area contributed by atoms with E-state index in [9.17, 15) is 9.59 Å². The van der Waals surface area contributed by atoms with Gasteiger partial charge in [0.2, 0.25) is 6.29 Å². The van der Waals surface area contributed by atoms with Crippen LogP contribution in [0.2, 0.25) is 0 Å². The third-order valence-corrected chi connectivity index (χ3v) is 2.76. The van der Waals surface area contributed by atoms with E-state index in [-0.39, 0.29) is 6.61 Å². The van der Waals surface area contributed by atoms with Gasteiger partial charge in [0.15, 0.2) is 0 Å². The Labute approximate surface area is 138 Å². The third-order valence-electron chi connectivity index (χ3n) is 2.76. The topological polar surface area (TPSA) is 61.8 Å². The first-order valence-corrected chi connectivity index (χ1v) is 8.03. The molecule has 1 aromatic carbocycles. The van der Waals surface area contributed by atoms with Crippen LogP contribution in [-0.4, -0.2) is 25.0 Å². The summed E-state index contributed by atoms with van der Waals surface area (Å²) in [5.74, 6) is -0.535. The highest BCUT2D eigenvalue weighted by molar-refractivity contribution is 5.89. The Hall–Kier alpha value is -2.04. The second-order valence-electron chi connectivity index (χ2n) is 4.98. The Bertz CT molecular complexity index is 496. The second kappa shape index (κ2) is 11.5. The molecule has 0 saturated carbocycles. The van der Waals surface area contributed by atoms with Crippen LogP contribution < -0.4 is 0 Å². The van der Waals surface area contributed by atoms with Gasteiger partial charge in [0.25, 0.3) is 0 Å². The van der Waals surface area contributed by atoms with E-state index in [2.05, 4.69) is 25.5 Å². The minimum atomic E-state index is -0.993. The van der Waals surface area contributed by atoms with Crippen molar-refractivity contribution in [2.24, 2.45) is 0 Å². The summed E-state index contributed by atoms with van der Waals surface area (Å²) in [6.07, 6.45) is 0.307. The highest BCUT2D eigenvalue weighted by Crippen LogP contribution is 2.13. The molecular weight excluding hydrogens is 296 g/mol. The molecule has 1 aromatic rings. The van der Waals surface area contributed by atoms with Crippen molar-refractivity contribution in [3.8, 4) is 0 Å². The quantitative estimate of drug-likeness (QED) is 0.583. The summed E-state index contributed by atoms with van der Waals surface area (Å²) in [6.45, 7) is 11.6. The molecule has 0 spiro atoms. The van der Waals surface area contributed by atoms with Crippen molar-refractivity contribution in [2.45, 2.75) is 60.7 Å². The van der Waals surface area contributed by atoms with Crippen molar-refractivity contribution < 1.29 is 23.8 Å². The van der Waals surface area contributed by atoms with E-state index in [4.69, 9.17) is 9.47 Å². The summed E-state index contributed by atoms with van der Waals surface area (Å²) >= 11 is 0. The van der Waals surface area contributed by atoms with Crippen LogP contribution >= 0.6 is 0 Å². The van der Waals surface area contributed by atoms with Gasteiger partial charge in [-0.25, -0.2) is 9.59 Å². The zero-order chi connectivity index (χ0) is 17.8. The van der Waals surface area contributed by atoms with E-state index in [1.807, 2.05) is 13.0 Å². The Morgan fingerprint density at radius 2 is 1.70 bits per heavy atom. The minimum Gasteiger partial charge on any atom is -0.435 e. The number of hydrogen-bond acceptors (Lipinski definition) is 5. The summed E-state index contributed by atoms with van der Waals surface area (Å²) in [7, 11) is 0. The molecule has 0 radical (unpaired) electrons. The molecule has 0 N–H and O–H groups in total. The van der Waals surface area contributed by atoms with Gasteiger partial charge in [-0.2, -0.15) is 0 Å². The molecule has 0 heterocycles. The lowest BCUT2D eigenvalue weighted by Crippen LogP contribution is -2.22. The van der Waals surface area contributed by atoms with Gasteiger partial charge in [-0.3, -0.25) is 0 Å². The molecule has 0 saturated heterocycles. The first-order valence-electron chi connectivity index (χ1n) is 8.03. The maximum atomic E-state index is 11.9. The Morgan fingerprint density at radius 1 is 1.09 bits per heavy atom. The first-order chi connectivity index (χ1) is 10.9. The second-order valence-corrected chi connectivity index (χ2v) is 4.98.